The molecule has 0 aliphatic rings. The van der Waals surface area contributed by atoms with E-state index in [1.165, 1.54) is 0 Å². The molecule has 2 aromatic rings. The average Bonchev–Trinajstić information content (AvgIpc) is 2.62. The molecule has 0 amide bonds. The third-order valence-electron chi connectivity index (χ3n) is 4.50. The molecular formula is C20H26N4O2. The molecule has 0 saturated carbocycles. The van der Waals surface area contributed by atoms with E-state index in [0.717, 1.165) is 12.8 Å². The SMILES string of the molecule is CCCCC(C(=O)c1ccc(N)cc1)C(N)(N)C(=O)c1ccc(N)cc1. The van der Waals surface area contributed by atoms with Gasteiger partial charge in [0.25, 0.3) is 0 Å². The van der Waals surface area contributed by atoms with Crippen molar-refractivity contribution in [3.8, 4) is 0 Å². The topological polar surface area (TPSA) is 138 Å². The molecule has 138 valence electrons. The van der Waals surface area contributed by atoms with Crippen molar-refractivity contribution >= 4 is 22.9 Å². The molecule has 8 N–H and O–H groups in total. The van der Waals surface area contributed by atoms with Crippen LogP contribution in [0.25, 0.3) is 0 Å². The third kappa shape index (κ3) is 4.28. The molecule has 0 radical (unpaired) electrons. The number of nitrogen functional groups attached to an aromatic ring is 2. The number of carbonyl (C=O) groups excluding carboxylic acids is 2. The van der Waals surface area contributed by atoms with Gasteiger partial charge in [0.15, 0.2) is 11.6 Å². The Bertz CT molecular complexity index is 767. The molecule has 1 atom stereocenters. The maximum atomic E-state index is 13.0. The fourth-order valence-corrected chi connectivity index (χ4v) is 2.89. The number of hydrogen-bond donors (Lipinski definition) is 4. The molecule has 0 aliphatic carbocycles. The number of hydrogen-bond acceptors (Lipinski definition) is 6. The van der Waals surface area contributed by atoms with Crippen molar-refractivity contribution in [3.63, 3.8) is 0 Å². The molecule has 0 spiro atoms. The summed E-state index contributed by atoms with van der Waals surface area (Å²) in [7, 11) is 0. The average molecular weight is 354 g/mol. The van der Waals surface area contributed by atoms with E-state index in [-0.39, 0.29) is 5.78 Å². The number of rotatable bonds is 8. The first kappa shape index (κ1) is 19.6. The summed E-state index contributed by atoms with van der Waals surface area (Å²) in [5.74, 6) is -1.58. The number of anilines is 2. The van der Waals surface area contributed by atoms with Crippen LogP contribution in [0.5, 0.6) is 0 Å². The van der Waals surface area contributed by atoms with Gasteiger partial charge in [0.2, 0.25) is 0 Å². The minimum absolute atomic E-state index is 0.257. The van der Waals surface area contributed by atoms with Crippen LogP contribution >= 0.6 is 0 Å². The maximum Gasteiger partial charge on any atom is 0.197 e. The summed E-state index contributed by atoms with van der Waals surface area (Å²) in [6, 6.07) is 12.9. The van der Waals surface area contributed by atoms with Crippen LogP contribution in [0.1, 0.15) is 46.9 Å². The van der Waals surface area contributed by atoms with Crippen molar-refractivity contribution in [2.45, 2.75) is 31.8 Å². The molecule has 0 bridgehead atoms. The van der Waals surface area contributed by atoms with Crippen LogP contribution in [0.3, 0.4) is 0 Å². The van der Waals surface area contributed by atoms with Crippen LogP contribution in [0.4, 0.5) is 11.4 Å². The zero-order valence-corrected chi connectivity index (χ0v) is 14.9. The lowest BCUT2D eigenvalue weighted by Crippen LogP contribution is -2.63. The van der Waals surface area contributed by atoms with Crippen LogP contribution in [-0.2, 0) is 0 Å². The normalized spacial score (nSPS) is 12.6. The minimum atomic E-state index is -1.82. The number of benzene rings is 2. The quantitative estimate of drug-likeness (QED) is 0.326. The van der Waals surface area contributed by atoms with Crippen molar-refractivity contribution in [2.24, 2.45) is 17.4 Å². The van der Waals surface area contributed by atoms with E-state index >= 15 is 0 Å². The molecule has 2 rings (SSSR count). The highest BCUT2D eigenvalue weighted by atomic mass is 16.1. The molecule has 0 aromatic heterocycles. The van der Waals surface area contributed by atoms with E-state index in [9.17, 15) is 9.59 Å². The summed E-state index contributed by atoms with van der Waals surface area (Å²) in [6.07, 6.45) is 2.02. The largest absolute Gasteiger partial charge is 0.399 e. The molecular weight excluding hydrogens is 328 g/mol. The Morgan fingerprint density at radius 2 is 1.35 bits per heavy atom. The van der Waals surface area contributed by atoms with E-state index in [0.29, 0.717) is 28.9 Å². The van der Waals surface area contributed by atoms with Crippen LogP contribution in [0.2, 0.25) is 0 Å². The van der Waals surface area contributed by atoms with E-state index in [1.54, 1.807) is 48.5 Å². The van der Waals surface area contributed by atoms with Gasteiger partial charge in [-0.2, -0.15) is 0 Å². The van der Waals surface area contributed by atoms with Gasteiger partial charge in [0, 0.05) is 22.5 Å². The van der Waals surface area contributed by atoms with Crippen LogP contribution < -0.4 is 22.9 Å². The first-order valence-electron chi connectivity index (χ1n) is 8.65. The zero-order valence-electron chi connectivity index (χ0n) is 14.9. The zero-order chi connectivity index (χ0) is 19.3. The Morgan fingerprint density at radius 3 is 1.81 bits per heavy atom. The molecule has 2 aromatic carbocycles. The molecule has 0 saturated heterocycles. The Morgan fingerprint density at radius 1 is 0.885 bits per heavy atom. The lowest BCUT2D eigenvalue weighted by molar-refractivity contribution is 0.0714. The Hall–Kier alpha value is -2.70. The predicted molar refractivity (Wildman–Crippen MR) is 104 cm³/mol. The number of carbonyl (C=O) groups is 2. The number of ketones is 2. The minimum Gasteiger partial charge on any atom is -0.399 e. The summed E-state index contributed by atoms with van der Waals surface area (Å²) >= 11 is 0. The van der Waals surface area contributed by atoms with Gasteiger partial charge in [0.1, 0.15) is 5.66 Å². The van der Waals surface area contributed by atoms with Crippen molar-refractivity contribution in [1.82, 2.24) is 0 Å². The van der Waals surface area contributed by atoms with Gasteiger partial charge in [-0.3, -0.25) is 9.59 Å². The first-order valence-corrected chi connectivity index (χ1v) is 8.65. The monoisotopic (exact) mass is 354 g/mol. The molecule has 0 fully saturated rings. The van der Waals surface area contributed by atoms with E-state index < -0.39 is 17.4 Å². The second-order valence-electron chi connectivity index (χ2n) is 6.57. The highest BCUT2D eigenvalue weighted by Crippen LogP contribution is 2.26. The van der Waals surface area contributed by atoms with E-state index in [1.807, 2.05) is 6.92 Å². The van der Waals surface area contributed by atoms with E-state index in [2.05, 4.69) is 0 Å². The number of nitrogens with two attached hydrogens (primary N) is 4. The van der Waals surface area contributed by atoms with Crippen LogP contribution in [0.15, 0.2) is 48.5 Å². The fraction of sp³-hybridized carbons (Fsp3) is 0.300. The summed E-state index contributed by atoms with van der Waals surface area (Å²) in [5, 5.41) is 0. The summed E-state index contributed by atoms with van der Waals surface area (Å²) < 4.78 is 0. The molecule has 1 unspecified atom stereocenters. The second kappa shape index (κ2) is 8.12. The third-order valence-corrected chi connectivity index (χ3v) is 4.50. The predicted octanol–water partition coefficient (Wildman–Crippen LogP) is 2.34. The van der Waals surface area contributed by atoms with Gasteiger partial charge >= 0.3 is 0 Å². The maximum absolute atomic E-state index is 13.0. The smallest absolute Gasteiger partial charge is 0.197 e. The van der Waals surface area contributed by atoms with Crippen molar-refractivity contribution in [2.75, 3.05) is 11.5 Å². The Balaban J connectivity index is 2.36. The molecule has 0 aliphatic heterocycles. The van der Waals surface area contributed by atoms with Gasteiger partial charge in [-0.15, -0.1) is 0 Å². The van der Waals surface area contributed by atoms with E-state index in [4.69, 9.17) is 22.9 Å². The van der Waals surface area contributed by atoms with Gasteiger partial charge in [-0.05, 0) is 55.0 Å². The van der Waals surface area contributed by atoms with Gasteiger partial charge in [-0.25, -0.2) is 0 Å². The van der Waals surface area contributed by atoms with Gasteiger partial charge < -0.3 is 22.9 Å². The number of unbranched alkanes of at least 4 members (excludes halogenated alkanes) is 1. The second-order valence-corrected chi connectivity index (χ2v) is 6.57. The fourth-order valence-electron chi connectivity index (χ4n) is 2.89. The lowest BCUT2D eigenvalue weighted by atomic mass is 9.79. The lowest BCUT2D eigenvalue weighted by Gasteiger charge is -2.32. The van der Waals surface area contributed by atoms with Crippen LogP contribution in [0, 0.1) is 5.92 Å². The van der Waals surface area contributed by atoms with Gasteiger partial charge in [-0.1, -0.05) is 19.8 Å². The Labute approximate surface area is 153 Å². The summed E-state index contributed by atoms with van der Waals surface area (Å²) in [6.45, 7) is 2.00. The molecule has 6 heteroatoms. The van der Waals surface area contributed by atoms with Crippen molar-refractivity contribution < 1.29 is 9.59 Å². The standard InChI is InChI=1S/C20H26N4O2/c1-2-3-4-17(18(25)13-5-9-15(21)10-6-13)20(23,24)19(26)14-7-11-16(22)12-8-14/h5-12,17H,2-4,21-24H2,1H3. The highest BCUT2D eigenvalue weighted by molar-refractivity contribution is 6.09. The summed E-state index contributed by atoms with van der Waals surface area (Å²) in [5.41, 5.74) is 23.8. The van der Waals surface area contributed by atoms with Crippen molar-refractivity contribution in [3.05, 3.63) is 59.7 Å². The molecule has 26 heavy (non-hydrogen) atoms. The Kier molecular flexibility index (Phi) is 6.13. The molecule has 6 nitrogen and oxygen atoms in total. The number of Topliss-reactive ketones (excluding diaryl/α,β-unsaturated/α-hetero) is 2. The van der Waals surface area contributed by atoms with Crippen LogP contribution in [-0.4, -0.2) is 17.2 Å². The first-order chi connectivity index (χ1) is 12.3. The van der Waals surface area contributed by atoms with Gasteiger partial charge in [0.05, 0.1) is 5.92 Å². The molecule has 0 heterocycles. The summed E-state index contributed by atoms with van der Waals surface area (Å²) in [4.78, 5) is 25.9. The highest BCUT2D eigenvalue weighted by Gasteiger charge is 2.42. The van der Waals surface area contributed by atoms with Crippen molar-refractivity contribution in [1.29, 1.82) is 0 Å².